The molecule has 1 aromatic rings. The summed E-state index contributed by atoms with van der Waals surface area (Å²) in [6.07, 6.45) is 4.07. The standard InChI is InChI=1S/C14H23N3O/c1-16(2)10-12-5-7-17(8-6-12)11-13-3-4-14(18)9-15-13/h3-4,9,12,18H,5-8,10-11H2,1-2H3. The first-order chi connectivity index (χ1) is 8.63. The van der Waals surface area contributed by atoms with Crippen LogP contribution in [0.2, 0.25) is 0 Å². The van der Waals surface area contributed by atoms with Gasteiger partial charge in [0.2, 0.25) is 0 Å². The Kier molecular flexibility index (Phi) is 4.55. The van der Waals surface area contributed by atoms with Crippen LogP contribution >= 0.6 is 0 Å². The van der Waals surface area contributed by atoms with E-state index in [-0.39, 0.29) is 5.75 Å². The smallest absolute Gasteiger partial charge is 0.133 e. The van der Waals surface area contributed by atoms with E-state index < -0.39 is 0 Å². The SMILES string of the molecule is CN(C)CC1CCN(Cc2ccc(O)cn2)CC1. The van der Waals surface area contributed by atoms with E-state index in [2.05, 4.69) is 28.9 Å². The average Bonchev–Trinajstić information content (AvgIpc) is 2.34. The van der Waals surface area contributed by atoms with Crippen molar-refractivity contribution in [3.05, 3.63) is 24.0 Å². The van der Waals surface area contributed by atoms with Crippen LogP contribution in [0.3, 0.4) is 0 Å². The maximum Gasteiger partial charge on any atom is 0.133 e. The lowest BCUT2D eigenvalue weighted by atomic mass is 9.96. The zero-order chi connectivity index (χ0) is 13.0. The molecule has 18 heavy (non-hydrogen) atoms. The van der Waals surface area contributed by atoms with Gasteiger partial charge in [0.25, 0.3) is 0 Å². The second kappa shape index (κ2) is 6.16. The third-order valence-electron chi connectivity index (χ3n) is 3.53. The number of pyridine rings is 1. The van der Waals surface area contributed by atoms with E-state index in [4.69, 9.17) is 0 Å². The molecule has 100 valence electrons. The van der Waals surface area contributed by atoms with Crippen molar-refractivity contribution in [2.45, 2.75) is 19.4 Å². The fourth-order valence-corrected chi connectivity index (χ4v) is 2.58. The first-order valence-corrected chi connectivity index (χ1v) is 6.64. The molecule has 0 spiro atoms. The number of likely N-dealkylation sites (tertiary alicyclic amines) is 1. The fourth-order valence-electron chi connectivity index (χ4n) is 2.58. The van der Waals surface area contributed by atoms with Crippen LogP contribution in [0.1, 0.15) is 18.5 Å². The molecular weight excluding hydrogens is 226 g/mol. The van der Waals surface area contributed by atoms with Gasteiger partial charge in [0.1, 0.15) is 5.75 Å². The first-order valence-electron chi connectivity index (χ1n) is 6.64. The normalized spacial score (nSPS) is 18.4. The van der Waals surface area contributed by atoms with Crippen molar-refractivity contribution >= 4 is 0 Å². The summed E-state index contributed by atoms with van der Waals surface area (Å²) in [5.41, 5.74) is 1.04. The summed E-state index contributed by atoms with van der Waals surface area (Å²) in [6, 6.07) is 3.61. The highest BCUT2D eigenvalue weighted by Gasteiger charge is 2.19. The minimum Gasteiger partial charge on any atom is -0.506 e. The Balaban J connectivity index is 1.78. The number of piperidine rings is 1. The molecule has 1 aliphatic rings. The van der Waals surface area contributed by atoms with Crippen molar-refractivity contribution in [1.29, 1.82) is 0 Å². The molecule has 2 heterocycles. The number of nitrogens with zero attached hydrogens (tertiary/aromatic N) is 3. The van der Waals surface area contributed by atoms with E-state index in [0.29, 0.717) is 0 Å². The summed E-state index contributed by atoms with van der Waals surface area (Å²) >= 11 is 0. The largest absolute Gasteiger partial charge is 0.506 e. The van der Waals surface area contributed by atoms with Crippen LogP contribution in [-0.4, -0.2) is 53.6 Å². The van der Waals surface area contributed by atoms with Gasteiger partial charge >= 0.3 is 0 Å². The quantitative estimate of drug-likeness (QED) is 0.879. The molecule has 0 saturated carbocycles. The molecule has 2 rings (SSSR count). The molecular formula is C14H23N3O. The average molecular weight is 249 g/mol. The van der Waals surface area contributed by atoms with Gasteiger partial charge in [-0.2, -0.15) is 0 Å². The Morgan fingerprint density at radius 1 is 1.33 bits per heavy atom. The van der Waals surface area contributed by atoms with Crippen LogP contribution in [0.5, 0.6) is 5.75 Å². The van der Waals surface area contributed by atoms with Crippen LogP contribution in [0.15, 0.2) is 18.3 Å². The Bertz CT molecular complexity index is 356. The van der Waals surface area contributed by atoms with Gasteiger partial charge in [-0.15, -0.1) is 0 Å². The molecule has 1 N–H and O–H groups in total. The topological polar surface area (TPSA) is 39.6 Å². The third kappa shape index (κ3) is 3.96. The van der Waals surface area contributed by atoms with Gasteiger partial charge in [0, 0.05) is 13.1 Å². The molecule has 1 aliphatic heterocycles. The molecule has 0 radical (unpaired) electrons. The lowest BCUT2D eigenvalue weighted by Gasteiger charge is -2.32. The monoisotopic (exact) mass is 249 g/mol. The molecule has 1 saturated heterocycles. The van der Waals surface area contributed by atoms with Gasteiger partial charge in [-0.1, -0.05) is 0 Å². The van der Waals surface area contributed by atoms with Crippen LogP contribution in [0.25, 0.3) is 0 Å². The minimum absolute atomic E-state index is 0.239. The number of rotatable bonds is 4. The predicted octanol–water partition coefficient (Wildman–Crippen LogP) is 1.56. The van der Waals surface area contributed by atoms with Crippen LogP contribution in [-0.2, 0) is 6.54 Å². The number of hydrogen-bond donors (Lipinski definition) is 1. The van der Waals surface area contributed by atoms with E-state index in [1.165, 1.54) is 25.6 Å². The van der Waals surface area contributed by atoms with E-state index in [0.717, 1.165) is 31.2 Å². The zero-order valence-electron chi connectivity index (χ0n) is 11.3. The zero-order valence-corrected chi connectivity index (χ0v) is 11.3. The van der Waals surface area contributed by atoms with E-state index >= 15 is 0 Å². The molecule has 0 aliphatic carbocycles. The fraction of sp³-hybridized carbons (Fsp3) is 0.643. The molecule has 0 unspecified atom stereocenters. The molecule has 0 atom stereocenters. The van der Waals surface area contributed by atoms with E-state index in [1.54, 1.807) is 6.07 Å². The molecule has 0 aromatic carbocycles. The third-order valence-corrected chi connectivity index (χ3v) is 3.53. The Morgan fingerprint density at radius 2 is 2.06 bits per heavy atom. The predicted molar refractivity (Wildman–Crippen MR) is 72.5 cm³/mol. The maximum atomic E-state index is 9.20. The maximum absolute atomic E-state index is 9.20. The van der Waals surface area contributed by atoms with Gasteiger partial charge < -0.3 is 10.0 Å². The molecule has 1 fully saturated rings. The molecule has 4 nitrogen and oxygen atoms in total. The minimum atomic E-state index is 0.239. The molecule has 0 bridgehead atoms. The highest BCUT2D eigenvalue weighted by molar-refractivity contribution is 5.17. The van der Waals surface area contributed by atoms with Crippen molar-refractivity contribution < 1.29 is 5.11 Å². The van der Waals surface area contributed by atoms with Crippen molar-refractivity contribution in [3.8, 4) is 5.75 Å². The van der Waals surface area contributed by atoms with Crippen molar-refractivity contribution in [2.24, 2.45) is 5.92 Å². The number of aromatic nitrogens is 1. The van der Waals surface area contributed by atoms with Gasteiger partial charge in [0.05, 0.1) is 11.9 Å². The summed E-state index contributed by atoms with van der Waals surface area (Å²) < 4.78 is 0. The van der Waals surface area contributed by atoms with Crippen LogP contribution < -0.4 is 0 Å². The Labute approximate surface area is 109 Å². The van der Waals surface area contributed by atoms with E-state index in [1.807, 2.05) is 6.07 Å². The summed E-state index contributed by atoms with van der Waals surface area (Å²) in [6.45, 7) is 4.41. The van der Waals surface area contributed by atoms with Gasteiger partial charge in [0.15, 0.2) is 0 Å². The lowest BCUT2D eigenvalue weighted by Crippen LogP contribution is -2.36. The van der Waals surface area contributed by atoms with Gasteiger partial charge in [-0.05, 0) is 58.1 Å². The van der Waals surface area contributed by atoms with Crippen molar-refractivity contribution in [3.63, 3.8) is 0 Å². The van der Waals surface area contributed by atoms with Crippen molar-refractivity contribution in [1.82, 2.24) is 14.8 Å². The second-order valence-corrected chi connectivity index (χ2v) is 5.49. The number of aromatic hydroxyl groups is 1. The highest BCUT2D eigenvalue weighted by Crippen LogP contribution is 2.19. The Hall–Kier alpha value is -1.13. The molecule has 4 heteroatoms. The first kappa shape index (κ1) is 13.3. The van der Waals surface area contributed by atoms with E-state index in [9.17, 15) is 5.11 Å². The van der Waals surface area contributed by atoms with Gasteiger partial charge in [-0.25, -0.2) is 0 Å². The summed E-state index contributed by atoms with van der Waals surface area (Å²) in [5.74, 6) is 1.08. The van der Waals surface area contributed by atoms with Crippen molar-refractivity contribution in [2.75, 3.05) is 33.7 Å². The lowest BCUT2D eigenvalue weighted by molar-refractivity contribution is 0.155. The summed E-state index contributed by atoms with van der Waals surface area (Å²) in [7, 11) is 4.29. The Morgan fingerprint density at radius 3 is 2.61 bits per heavy atom. The number of hydrogen-bond acceptors (Lipinski definition) is 4. The highest BCUT2D eigenvalue weighted by atomic mass is 16.3. The van der Waals surface area contributed by atoms with Gasteiger partial charge in [-0.3, -0.25) is 9.88 Å². The van der Waals surface area contributed by atoms with Crippen LogP contribution in [0.4, 0.5) is 0 Å². The second-order valence-electron chi connectivity index (χ2n) is 5.49. The molecule has 0 amide bonds. The summed E-state index contributed by atoms with van der Waals surface area (Å²) in [5, 5.41) is 9.20. The summed E-state index contributed by atoms with van der Waals surface area (Å²) in [4.78, 5) is 8.97. The van der Waals surface area contributed by atoms with Crippen LogP contribution in [0, 0.1) is 5.92 Å². The molecule has 1 aromatic heterocycles.